The van der Waals surface area contributed by atoms with Gasteiger partial charge < -0.3 is 24.6 Å². The lowest BCUT2D eigenvalue weighted by atomic mass is 10.2. The van der Waals surface area contributed by atoms with Crippen LogP contribution in [0.1, 0.15) is 47.0 Å². The van der Waals surface area contributed by atoms with E-state index >= 15 is 0 Å². The first-order valence-corrected chi connectivity index (χ1v) is 8.26. The lowest BCUT2D eigenvalue weighted by molar-refractivity contribution is -0.157. The van der Waals surface area contributed by atoms with E-state index in [1.54, 1.807) is 13.8 Å². The van der Waals surface area contributed by atoms with Gasteiger partial charge in [-0.05, 0) is 26.7 Å². The van der Waals surface area contributed by atoms with Gasteiger partial charge in [0.15, 0.2) is 0 Å². The fraction of sp³-hybridized carbons (Fsp3) is 0.875. The number of nitrogens with one attached hydrogen (secondary N) is 1. The molecule has 0 amide bonds. The van der Waals surface area contributed by atoms with Crippen molar-refractivity contribution in [2.45, 2.75) is 65.2 Å². The van der Waals surface area contributed by atoms with Gasteiger partial charge in [0.25, 0.3) is 0 Å². The zero-order valence-corrected chi connectivity index (χ0v) is 14.7. The zero-order valence-electron chi connectivity index (χ0n) is 14.7. The molecular formula is C16H31NO6. The van der Waals surface area contributed by atoms with Crippen molar-refractivity contribution in [1.82, 2.24) is 5.32 Å². The molecule has 2 N–H and O–H groups in total. The van der Waals surface area contributed by atoms with Crippen LogP contribution in [0.15, 0.2) is 0 Å². The molecule has 0 bridgehead atoms. The second kappa shape index (κ2) is 13.3. The van der Waals surface area contributed by atoms with Crippen molar-refractivity contribution in [1.29, 1.82) is 0 Å². The van der Waals surface area contributed by atoms with E-state index in [0.29, 0.717) is 19.6 Å². The first-order chi connectivity index (χ1) is 10.9. The number of hydrogen-bond acceptors (Lipinski definition) is 7. The number of esters is 2. The molecule has 0 aliphatic heterocycles. The highest BCUT2D eigenvalue weighted by atomic mass is 16.6. The zero-order chi connectivity index (χ0) is 17.7. The molecule has 0 aromatic carbocycles. The fourth-order valence-corrected chi connectivity index (χ4v) is 1.60. The quantitative estimate of drug-likeness (QED) is 0.384. The smallest absolute Gasteiger partial charge is 0.324 e. The molecule has 0 aliphatic carbocycles. The third-order valence-electron chi connectivity index (χ3n) is 3.33. The number of rotatable bonds is 13. The predicted molar refractivity (Wildman–Crippen MR) is 86.0 cm³/mol. The van der Waals surface area contributed by atoms with Gasteiger partial charge in [-0.2, -0.15) is 0 Å². The second-order valence-corrected chi connectivity index (χ2v) is 5.41. The molecule has 0 saturated heterocycles. The average Bonchev–Trinajstić information content (AvgIpc) is 2.52. The Bertz CT molecular complexity index is 337. The van der Waals surface area contributed by atoms with E-state index in [-0.39, 0.29) is 31.8 Å². The molecule has 7 nitrogen and oxygen atoms in total. The Morgan fingerprint density at radius 2 is 1.65 bits per heavy atom. The molecule has 0 fully saturated rings. The van der Waals surface area contributed by atoms with E-state index in [2.05, 4.69) is 5.32 Å². The van der Waals surface area contributed by atoms with Gasteiger partial charge in [-0.15, -0.1) is 0 Å². The molecule has 0 heterocycles. The molecule has 0 aromatic rings. The van der Waals surface area contributed by atoms with Crippen LogP contribution in [0, 0.1) is 0 Å². The summed E-state index contributed by atoms with van der Waals surface area (Å²) < 4.78 is 15.6. The van der Waals surface area contributed by atoms with Crippen LogP contribution in [0.25, 0.3) is 0 Å². The number of carbonyl (C=O) groups is 2. The highest BCUT2D eigenvalue weighted by Gasteiger charge is 2.25. The highest BCUT2D eigenvalue weighted by molar-refractivity contribution is 5.82. The average molecular weight is 333 g/mol. The molecule has 0 spiro atoms. The molecule has 136 valence electrons. The molecule has 3 unspecified atom stereocenters. The maximum atomic E-state index is 12.1. The summed E-state index contributed by atoms with van der Waals surface area (Å²) in [5.74, 6) is -0.906. The van der Waals surface area contributed by atoms with Crippen molar-refractivity contribution in [3.63, 3.8) is 0 Å². The van der Waals surface area contributed by atoms with Gasteiger partial charge in [-0.1, -0.05) is 13.8 Å². The van der Waals surface area contributed by atoms with E-state index in [1.165, 1.54) is 0 Å². The Hall–Kier alpha value is -1.18. The maximum Gasteiger partial charge on any atom is 0.324 e. The minimum atomic E-state index is -0.765. The lowest BCUT2D eigenvalue weighted by Gasteiger charge is -2.20. The van der Waals surface area contributed by atoms with Crippen LogP contribution in [-0.4, -0.2) is 61.7 Å². The summed E-state index contributed by atoms with van der Waals surface area (Å²) in [6, 6.07) is -0.765. The standard InChI is InChI=1S/C16H31NO6/c1-5-12(3)22-15(19)11-14(16(20)23-13(4)6-2)17-7-9-21-10-8-18/h12-14,17-18H,5-11H2,1-4H3. The largest absolute Gasteiger partial charge is 0.463 e. The first kappa shape index (κ1) is 21.8. The molecule has 23 heavy (non-hydrogen) atoms. The Morgan fingerprint density at radius 3 is 2.22 bits per heavy atom. The lowest BCUT2D eigenvalue weighted by Crippen LogP contribution is -2.43. The van der Waals surface area contributed by atoms with Gasteiger partial charge in [0.05, 0.1) is 38.4 Å². The van der Waals surface area contributed by atoms with E-state index < -0.39 is 18.0 Å². The molecule has 0 radical (unpaired) electrons. The Morgan fingerprint density at radius 1 is 1.04 bits per heavy atom. The van der Waals surface area contributed by atoms with Crippen LogP contribution in [0.5, 0.6) is 0 Å². The number of carbonyl (C=O) groups excluding carboxylic acids is 2. The molecule has 3 atom stereocenters. The molecule has 0 rings (SSSR count). The summed E-state index contributed by atoms with van der Waals surface area (Å²) in [4.78, 5) is 24.0. The minimum Gasteiger partial charge on any atom is -0.463 e. The monoisotopic (exact) mass is 333 g/mol. The SMILES string of the molecule is CCC(C)OC(=O)CC(NCCOCCO)C(=O)OC(C)CC. The van der Waals surface area contributed by atoms with E-state index in [1.807, 2.05) is 13.8 Å². The summed E-state index contributed by atoms with van der Waals surface area (Å²) in [6.45, 7) is 8.33. The number of hydrogen-bond donors (Lipinski definition) is 2. The molecule has 7 heteroatoms. The van der Waals surface area contributed by atoms with Crippen molar-refractivity contribution < 1.29 is 28.9 Å². The van der Waals surface area contributed by atoms with Crippen molar-refractivity contribution in [2.24, 2.45) is 0 Å². The predicted octanol–water partition coefficient (Wildman–Crippen LogP) is 1.03. The summed E-state index contributed by atoms with van der Waals surface area (Å²) >= 11 is 0. The van der Waals surface area contributed by atoms with Crippen LogP contribution in [0.4, 0.5) is 0 Å². The van der Waals surface area contributed by atoms with Gasteiger partial charge in [-0.25, -0.2) is 0 Å². The summed E-state index contributed by atoms with van der Waals surface area (Å²) in [7, 11) is 0. The van der Waals surface area contributed by atoms with Crippen molar-refractivity contribution >= 4 is 11.9 Å². The van der Waals surface area contributed by atoms with Crippen molar-refractivity contribution in [3.05, 3.63) is 0 Å². The third kappa shape index (κ3) is 11.1. The topological polar surface area (TPSA) is 94.1 Å². The maximum absolute atomic E-state index is 12.1. The summed E-state index contributed by atoms with van der Waals surface area (Å²) in [6.07, 6.45) is 0.954. The van der Waals surface area contributed by atoms with Gasteiger partial charge >= 0.3 is 11.9 Å². The number of aliphatic hydroxyl groups excluding tert-OH is 1. The van der Waals surface area contributed by atoms with Gasteiger partial charge in [-0.3, -0.25) is 9.59 Å². The highest BCUT2D eigenvalue weighted by Crippen LogP contribution is 2.06. The molecule has 0 saturated carbocycles. The van der Waals surface area contributed by atoms with Gasteiger partial charge in [0.2, 0.25) is 0 Å². The van der Waals surface area contributed by atoms with Crippen LogP contribution in [-0.2, 0) is 23.8 Å². The summed E-state index contributed by atoms with van der Waals surface area (Å²) in [5.41, 5.74) is 0. The normalized spacial score (nSPS) is 14.8. The Labute approximate surface area is 138 Å². The summed E-state index contributed by atoms with van der Waals surface area (Å²) in [5, 5.41) is 11.6. The van der Waals surface area contributed by atoms with Crippen molar-refractivity contribution in [2.75, 3.05) is 26.4 Å². The van der Waals surface area contributed by atoms with Gasteiger partial charge in [0.1, 0.15) is 6.04 Å². The van der Waals surface area contributed by atoms with Crippen LogP contribution in [0.2, 0.25) is 0 Å². The van der Waals surface area contributed by atoms with Gasteiger partial charge in [0, 0.05) is 6.54 Å². The number of aliphatic hydroxyl groups is 1. The van der Waals surface area contributed by atoms with Crippen LogP contribution >= 0.6 is 0 Å². The fourth-order valence-electron chi connectivity index (χ4n) is 1.60. The van der Waals surface area contributed by atoms with E-state index in [0.717, 1.165) is 6.42 Å². The molecular weight excluding hydrogens is 302 g/mol. The number of ether oxygens (including phenoxy) is 3. The van der Waals surface area contributed by atoms with E-state index in [4.69, 9.17) is 19.3 Å². The second-order valence-electron chi connectivity index (χ2n) is 5.41. The van der Waals surface area contributed by atoms with Crippen molar-refractivity contribution in [3.8, 4) is 0 Å². The molecule has 0 aromatic heterocycles. The van der Waals surface area contributed by atoms with E-state index in [9.17, 15) is 9.59 Å². The van der Waals surface area contributed by atoms with Crippen LogP contribution < -0.4 is 5.32 Å². The minimum absolute atomic E-state index is 0.0548. The third-order valence-corrected chi connectivity index (χ3v) is 3.33. The Kier molecular flexibility index (Phi) is 12.6. The molecule has 0 aliphatic rings. The Balaban J connectivity index is 4.46. The first-order valence-electron chi connectivity index (χ1n) is 8.26. The van der Waals surface area contributed by atoms with Crippen LogP contribution in [0.3, 0.4) is 0 Å².